The van der Waals surface area contributed by atoms with Crippen molar-refractivity contribution < 1.29 is 4.79 Å². The van der Waals surface area contributed by atoms with Crippen molar-refractivity contribution >= 4 is 34.1 Å². The number of hydrogen-bond donors (Lipinski definition) is 1. The molecule has 0 spiro atoms. The summed E-state index contributed by atoms with van der Waals surface area (Å²) in [5, 5.41) is 13.5. The molecule has 5 nitrogen and oxygen atoms in total. The molecule has 1 fully saturated rings. The standard InChI is InChI=1S/C21H19ClN4O/c1-3-20(27)26-12-21(13-26,17-5-4-6-18(22)14(17)2)24-16-8-7-15-9-10-23-25-19(15)11-16/h3-11,24H,1,12-13H2,2H3. The van der Waals surface area contributed by atoms with Crippen molar-refractivity contribution in [2.24, 2.45) is 0 Å². The predicted molar refractivity (Wildman–Crippen MR) is 108 cm³/mol. The van der Waals surface area contributed by atoms with Crippen LogP contribution in [0.5, 0.6) is 0 Å². The van der Waals surface area contributed by atoms with Crippen molar-refractivity contribution in [2.75, 3.05) is 18.4 Å². The Morgan fingerprint density at radius 1 is 1.30 bits per heavy atom. The lowest BCUT2D eigenvalue weighted by molar-refractivity contribution is -0.132. The van der Waals surface area contributed by atoms with Gasteiger partial charge in [-0.05, 0) is 48.4 Å². The third-order valence-electron chi connectivity index (χ3n) is 5.09. The maximum absolute atomic E-state index is 12.0. The maximum Gasteiger partial charge on any atom is 0.246 e. The molecule has 0 radical (unpaired) electrons. The van der Waals surface area contributed by atoms with Crippen molar-refractivity contribution in [2.45, 2.75) is 12.5 Å². The molecule has 1 aliphatic rings. The number of nitrogens with one attached hydrogen (secondary N) is 1. The van der Waals surface area contributed by atoms with Crippen LogP contribution in [0.15, 0.2) is 61.3 Å². The first kappa shape index (κ1) is 17.5. The molecular formula is C21H19ClN4O. The molecule has 1 aliphatic heterocycles. The highest BCUT2D eigenvalue weighted by Gasteiger charge is 2.47. The molecule has 0 atom stereocenters. The summed E-state index contributed by atoms with van der Waals surface area (Å²) in [4.78, 5) is 13.8. The lowest BCUT2D eigenvalue weighted by Crippen LogP contribution is -2.65. The number of carbonyl (C=O) groups is 1. The van der Waals surface area contributed by atoms with Crippen LogP contribution in [0.25, 0.3) is 10.9 Å². The normalized spacial score (nSPS) is 15.3. The second-order valence-corrected chi connectivity index (χ2v) is 7.23. The zero-order valence-electron chi connectivity index (χ0n) is 14.9. The SMILES string of the molecule is C=CC(=O)N1CC(Nc2ccc3ccnnc3c2)(c2cccc(Cl)c2C)C1. The Morgan fingerprint density at radius 2 is 2.11 bits per heavy atom. The van der Waals surface area contributed by atoms with Crippen molar-refractivity contribution in [3.8, 4) is 0 Å². The van der Waals surface area contributed by atoms with Crippen molar-refractivity contribution in [3.05, 3.63) is 77.5 Å². The van der Waals surface area contributed by atoms with E-state index in [9.17, 15) is 4.79 Å². The Kier molecular flexibility index (Phi) is 4.32. The summed E-state index contributed by atoms with van der Waals surface area (Å²) >= 11 is 6.37. The first-order chi connectivity index (χ1) is 13.0. The van der Waals surface area contributed by atoms with Gasteiger partial charge >= 0.3 is 0 Å². The quantitative estimate of drug-likeness (QED) is 0.699. The van der Waals surface area contributed by atoms with Crippen molar-refractivity contribution in [1.82, 2.24) is 15.1 Å². The van der Waals surface area contributed by atoms with Crippen LogP contribution < -0.4 is 5.32 Å². The molecule has 1 aromatic heterocycles. The number of anilines is 1. The molecule has 0 saturated carbocycles. The second kappa shape index (κ2) is 6.67. The third kappa shape index (κ3) is 3.04. The molecule has 136 valence electrons. The minimum Gasteiger partial charge on any atom is -0.372 e. The molecule has 1 N–H and O–H groups in total. The number of nitrogens with zero attached hydrogens (tertiary/aromatic N) is 3. The summed E-state index contributed by atoms with van der Waals surface area (Å²) in [6, 6.07) is 13.8. The van der Waals surface area contributed by atoms with Crippen LogP contribution in [-0.4, -0.2) is 34.1 Å². The van der Waals surface area contributed by atoms with Crippen molar-refractivity contribution in [3.63, 3.8) is 0 Å². The molecule has 1 saturated heterocycles. The predicted octanol–water partition coefficient (Wildman–Crippen LogP) is 3.93. The number of rotatable bonds is 4. The molecule has 0 aliphatic carbocycles. The summed E-state index contributed by atoms with van der Waals surface area (Å²) in [7, 11) is 0. The van der Waals surface area contributed by atoms with Gasteiger partial charge in [-0.25, -0.2) is 0 Å². The molecule has 4 rings (SSSR count). The van der Waals surface area contributed by atoms with E-state index in [0.29, 0.717) is 18.1 Å². The van der Waals surface area contributed by atoms with E-state index in [1.165, 1.54) is 6.08 Å². The zero-order valence-corrected chi connectivity index (χ0v) is 15.7. The smallest absolute Gasteiger partial charge is 0.246 e. The van der Waals surface area contributed by atoms with Crippen LogP contribution in [0, 0.1) is 6.92 Å². The van der Waals surface area contributed by atoms with Crippen LogP contribution in [0.3, 0.4) is 0 Å². The van der Waals surface area contributed by atoms with Gasteiger partial charge < -0.3 is 10.2 Å². The molecule has 2 aromatic carbocycles. The molecule has 3 aromatic rings. The van der Waals surface area contributed by atoms with Gasteiger partial charge in [0.25, 0.3) is 0 Å². The Balaban J connectivity index is 1.73. The van der Waals surface area contributed by atoms with Crippen LogP contribution >= 0.6 is 11.6 Å². The zero-order chi connectivity index (χ0) is 19.0. The Morgan fingerprint density at radius 3 is 2.89 bits per heavy atom. The molecule has 2 heterocycles. The number of halogens is 1. The van der Waals surface area contributed by atoms with Crippen LogP contribution in [0.2, 0.25) is 5.02 Å². The van der Waals surface area contributed by atoms with E-state index in [1.807, 2.05) is 43.3 Å². The minimum absolute atomic E-state index is 0.0727. The van der Waals surface area contributed by atoms with Gasteiger partial charge in [0, 0.05) is 16.1 Å². The van der Waals surface area contributed by atoms with Gasteiger partial charge in [0.15, 0.2) is 0 Å². The van der Waals surface area contributed by atoms with Crippen LogP contribution in [-0.2, 0) is 10.3 Å². The highest BCUT2D eigenvalue weighted by Crippen LogP contribution is 2.39. The largest absolute Gasteiger partial charge is 0.372 e. The number of carbonyl (C=O) groups excluding carboxylic acids is 1. The van der Waals surface area contributed by atoms with Gasteiger partial charge in [0.2, 0.25) is 5.91 Å². The van der Waals surface area contributed by atoms with E-state index in [-0.39, 0.29) is 5.91 Å². The fourth-order valence-corrected chi connectivity index (χ4v) is 3.84. The number of likely N-dealkylation sites (tertiary alicyclic amines) is 1. The van der Waals surface area contributed by atoms with E-state index in [0.717, 1.165) is 27.7 Å². The second-order valence-electron chi connectivity index (χ2n) is 6.82. The fraction of sp³-hybridized carbons (Fsp3) is 0.190. The highest BCUT2D eigenvalue weighted by molar-refractivity contribution is 6.31. The Labute approximate surface area is 162 Å². The van der Waals surface area contributed by atoms with Gasteiger partial charge in [0.05, 0.1) is 30.3 Å². The van der Waals surface area contributed by atoms with E-state index in [4.69, 9.17) is 11.6 Å². The number of hydrogen-bond acceptors (Lipinski definition) is 4. The first-order valence-electron chi connectivity index (χ1n) is 8.69. The maximum atomic E-state index is 12.0. The summed E-state index contributed by atoms with van der Waals surface area (Å²) < 4.78 is 0. The number of amides is 1. The van der Waals surface area contributed by atoms with E-state index < -0.39 is 5.54 Å². The average molecular weight is 379 g/mol. The highest BCUT2D eigenvalue weighted by atomic mass is 35.5. The Bertz CT molecular complexity index is 1040. The number of fused-ring (bicyclic) bond motifs is 1. The molecule has 27 heavy (non-hydrogen) atoms. The third-order valence-corrected chi connectivity index (χ3v) is 5.50. The first-order valence-corrected chi connectivity index (χ1v) is 9.07. The topological polar surface area (TPSA) is 58.1 Å². The summed E-state index contributed by atoms with van der Waals surface area (Å²) in [5.74, 6) is -0.0727. The van der Waals surface area contributed by atoms with Gasteiger partial charge in [-0.15, -0.1) is 0 Å². The monoisotopic (exact) mass is 378 g/mol. The summed E-state index contributed by atoms with van der Waals surface area (Å²) in [6.07, 6.45) is 3.03. The summed E-state index contributed by atoms with van der Waals surface area (Å²) in [5.41, 5.74) is 3.43. The number of aromatic nitrogens is 2. The lowest BCUT2D eigenvalue weighted by Gasteiger charge is -2.51. The van der Waals surface area contributed by atoms with Gasteiger partial charge in [0.1, 0.15) is 0 Å². The molecule has 0 bridgehead atoms. The lowest BCUT2D eigenvalue weighted by atomic mass is 9.79. The molecular weight excluding hydrogens is 360 g/mol. The molecule has 1 amide bonds. The fourth-order valence-electron chi connectivity index (χ4n) is 3.67. The van der Waals surface area contributed by atoms with E-state index in [1.54, 1.807) is 11.1 Å². The van der Waals surface area contributed by atoms with Gasteiger partial charge in [-0.3, -0.25) is 4.79 Å². The molecule has 6 heteroatoms. The molecule has 0 unspecified atom stereocenters. The Hall–Kier alpha value is -2.92. The van der Waals surface area contributed by atoms with E-state index >= 15 is 0 Å². The van der Waals surface area contributed by atoms with Crippen LogP contribution in [0.4, 0.5) is 5.69 Å². The van der Waals surface area contributed by atoms with Gasteiger partial charge in [-0.1, -0.05) is 36.4 Å². The van der Waals surface area contributed by atoms with E-state index in [2.05, 4.69) is 28.2 Å². The van der Waals surface area contributed by atoms with Crippen molar-refractivity contribution in [1.29, 1.82) is 0 Å². The minimum atomic E-state index is -0.413. The van der Waals surface area contributed by atoms with Crippen LogP contribution in [0.1, 0.15) is 11.1 Å². The van der Waals surface area contributed by atoms with Gasteiger partial charge in [-0.2, -0.15) is 10.2 Å². The summed E-state index contributed by atoms with van der Waals surface area (Å²) in [6.45, 7) is 6.67. The number of benzene rings is 2. The average Bonchev–Trinajstić information content (AvgIpc) is 2.66.